The number of benzene rings is 2. The molecule has 2 aromatic carbocycles. The highest BCUT2D eigenvalue weighted by atomic mass is 32.2. The molecule has 8 heteroatoms. The van der Waals surface area contributed by atoms with Crippen LogP contribution in [0.4, 0.5) is 0 Å². The second-order valence-corrected chi connectivity index (χ2v) is 11.4. The number of nitrogens with zero attached hydrogens (tertiary/aromatic N) is 1. The summed E-state index contributed by atoms with van der Waals surface area (Å²) in [5, 5.41) is 5.50. The first kappa shape index (κ1) is 24.9. The van der Waals surface area contributed by atoms with Gasteiger partial charge in [-0.3, -0.25) is 9.59 Å². The zero-order valence-electron chi connectivity index (χ0n) is 19.7. The Labute approximate surface area is 196 Å². The standard InChI is InChI=1S/C25H33N3O4S/c1-25(2,3)21-9-11-22(12-10-21)33(31,32)28-15-13-20(14-16-28)24(30)27-17-18-5-7-19(8-6-18)23(29)26-4/h5-12,20H,13-17H2,1-4H3,(H,26,29)(H,27,30). The molecule has 0 bridgehead atoms. The third-order valence-corrected chi connectivity index (χ3v) is 8.01. The zero-order chi connectivity index (χ0) is 24.2. The first-order valence-corrected chi connectivity index (χ1v) is 12.7. The number of rotatable bonds is 6. The largest absolute Gasteiger partial charge is 0.355 e. The monoisotopic (exact) mass is 471 g/mol. The van der Waals surface area contributed by atoms with E-state index in [0.717, 1.165) is 11.1 Å². The average molecular weight is 472 g/mol. The topological polar surface area (TPSA) is 95.6 Å². The Kier molecular flexibility index (Phi) is 7.59. The molecule has 0 atom stereocenters. The van der Waals surface area contributed by atoms with E-state index in [0.29, 0.717) is 42.9 Å². The predicted molar refractivity (Wildman–Crippen MR) is 128 cm³/mol. The molecule has 0 unspecified atom stereocenters. The average Bonchev–Trinajstić information content (AvgIpc) is 2.82. The van der Waals surface area contributed by atoms with Gasteiger partial charge in [0.05, 0.1) is 4.90 Å². The molecule has 33 heavy (non-hydrogen) atoms. The Morgan fingerprint density at radius 2 is 1.55 bits per heavy atom. The fourth-order valence-corrected chi connectivity index (χ4v) is 5.36. The molecule has 2 amide bonds. The van der Waals surface area contributed by atoms with Crippen LogP contribution in [0.25, 0.3) is 0 Å². The van der Waals surface area contributed by atoms with Crippen molar-refractivity contribution in [2.45, 2.75) is 50.5 Å². The normalized spacial score (nSPS) is 15.8. The van der Waals surface area contributed by atoms with Crippen LogP contribution >= 0.6 is 0 Å². The summed E-state index contributed by atoms with van der Waals surface area (Å²) in [4.78, 5) is 24.5. The fourth-order valence-electron chi connectivity index (χ4n) is 3.89. The molecule has 1 heterocycles. The summed E-state index contributed by atoms with van der Waals surface area (Å²) in [7, 11) is -1.99. The second kappa shape index (κ2) is 10.1. The lowest BCUT2D eigenvalue weighted by Crippen LogP contribution is -2.42. The Hall–Kier alpha value is -2.71. The molecule has 1 aliphatic rings. The maximum atomic E-state index is 13.0. The lowest BCUT2D eigenvalue weighted by atomic mass is 9.87. The Morgan fingerprint density at radius 3 is 2.06 bits per heavy atom. The van der Waals surface area contributed by atoms with E-state index in [1.807, 2.05) is 24.3 Å². The van der Waals surface area contributed by atoms with Crippen molar-refractivity contribution in [3.8, 4) is 0 Å². The van der Waals surface area contributed by atoms with E-state index in [2.05, 4.69) is 31.4 Å². The molecular weight excluding hydrogens is 438 g/mol. The quantitative estimate of drug-likeness (QED) is 0.677. The number of carbonyl (C=O) groups excluding carboxylic acids is 2. The third-order valence-electron chi connectivity index (χ3n) is 6.09. The van der Waals surface area contributed by atoms with E-state index < -0.39 is 10.0 Å². The maximum Gasteiger partial charge on any atom is 0.251 e. The van der Waals surface area contributed by atoms with E-state index in [-0.39, 0.29) is 23.1 Å². The summed E-state index contributed by atoms with van der Waals surface area (Å²) in [5.74, 6) is -0.445. The highest BCUT2D eigenvalue weighted by Gasteiger charge is 2.32. The molecule has 3 rings (SSSR count). The van der Waals surface area contributed by atoms with E-state index >= 15 is 0 Å². The first-order chi connectivity index (χ1) is 15.5. The van der Waals surface area contributed by atoms with Gasteiger partial charge in [0.1, 0.15) is 0 Å². The molecule has 0 aromatic heterocycles. The minimum Gasteiger partial charge on any atom is -0.355 e. The van der Waals surface area contributed by atoms with Crippen molar-refractivity contribution in [2.24, 2.45) is 5.92 Å². The van der Waals surface area contributed by atoms with Gasteiger partial charge in [-0.05, 0) is 53.6 Å². The van der Waals surface area contributed by atoms with Crippen LogP contribution in [0.2, 0.25) is 0 Å². The van der Waals surface area contributed by atoms with Crippen LogP contribution < -0.4 is 10.6 Å². The van der Waals surface area contributed by atoms with Crippen LogP contribution in [0.5, 0.6) is 0 Å². The number of piperidine rings is 1. The van der Waals surface area contributed by atoms with Gasteiger partial charge in [-0.15, -0.1) is 0 Å². The molecule has 0 aliphatic carbocycles. The lowest BCUT2D eigenvalue weighted by molar-refractivity contribution is -0.126. The first-order valence-electron chi connectivity index (χ1n) is 11.2. The molecule has 0 saturated carbocycles. The fraction of sp³-hybridized carbons (Fsp3) is 0.440. The van der Waals surface area contributed by atoms with Gasteiger partial charge < -0.3 is 10.6 Å². The van der Waals surface area contributed by atoms with Crippen LogP contribution in [0, 0.1) is 5.92 Å². The van der Waals surface area contributed by atoms with Crippen LogP contribution in [0.1, 0.15) is 55.1 Å². The molecular formula is C25H33N3O4S. The van der Waals surface area contributed by atoms with Gasteiger partial charge in [0.25, 0.3) is 5.91 Å². The summed E-state index contributed by atoms with van der Waals surface area (Å²) in [6, 6.07) is 14.1. The Morgan fingerprint density at radius 1 is 0.970 bits per heavy atom. The lowest BCUT2D eigenvalue weighted by Gasteiger charge is -2.30. The van der Waals surface area contributed by atoms with Gasteiger partial charge in [-0.2, -0.15) is 4.31 Å². The van der Waals surface area contributed by atoms with Crippen LogP contribution in [-0.4, -0.2) is 44.7 Å². The van der Waals surface area contributed by atoms with Crippen molar-refractivity contribution in [3.05, 3.63) is 65.2 Å². The Balaban J connectivity index is 1.53. The van der Waals surface area contributed by atoms with Crippen LogP contribution in [0.15, 0.2) is 53.4 Å². The third kappa shape index (κ3) is 6.00. The number of amides is 2. The van der Waals surface area contributed by atoms with Crippen LogP contribution in [0.3, 0.4) is 0 Å². The van der Waals surface area contributed by atoms with Gasteiger partial charge in [0, 0.05) is 38.2 Å². The summed E-state index contributed by atoms with van der Waals surface area (Å²) >= 11 is 0. The van der Waals surface area contributed by atoms with Gasteiger partial charge >= 0.3 is 0 Å². The maximum absolute atomic E-state index is 13.0. The highest BCUT2D eigenvalue weighted by molar-refractivity contribution is 7.89. The molecule has 2 aromatic rings. The van der Waals surface area contributed by atoms with Crippen molar-refractivity contribution in [1.29, 1.82) is 0 Å². The molecule has 1 saturated heterocycles. The molecule has 0 radical (unpaired) electrons. The number of carbonyl (C=O) groups is 2. The SMILES string of the molecule is CNC(=O)c1ccc(CNC(=O)C2CCN(S(=O)(=O)c3ccc(C(C)(C)C)cc3)CC2)cc1. The minimum atomic E-state index is -3.57. The zero-order valence-corrected chi connectivity index (χ0v) is 20.5. The second-order valence-electron chi connectivity index (χ2n) is 9.45. The number of hydrogen-bond acceptors (Lipinski definition) is 4. The van der Waals surface area contributed by atoms with E-state index in [4.69, 9.17) is 0 Å². The summed E-state index contributed by atoms with van der Waals surface area (Å²) in [6.45, 7) is 7.28. The Bertz CT molecular complexity index is 1080. The molecule has 7 nitrogen and oxygen atoms in total. The molecule has 2 N–H and O–H groups in total. The van der Waals surface area contributed by atoms with Crippen LogP contribution in [-0.2, 0) is 26.8 Å². The molecule has 1 aliphatic heterocycles. The van der Waals surface area contributed by atoms with Crippen molar-refractivity contribution in [1.82, 2.24) is 14.9 Å². The number of hydrogen-bond donors (Lipinski definition) is 2. The van der Waals surface area contributed by atoms with Crippen molar-refractivity contribution in [3.63, 3.8) is 0 Å². The molecule has 1 fully saturated rings. The van der Waals surface area contributed by atoms with Crippen molar-refractivity contribution >= 4 is 21.8 Å². The van der Waals surface area contributed by atoms with Gasteiger partial charge in [-0.1, -0.05) is 45.0 Å². The van der Waals surface area contributed by atoms with Gasteiger partial charge in [0.2, 0.25) is 15.9 Å². The molecule has 178 valence electrons. The minimum absolute atomic E-state index is 0.0415. The number of nitrogens with one attached hydrogen (secondary N) is 2. The predicted octanol–water partition coefficient (Wildman–Crippen LogP) is 3.06. The smallest absolute Gasteiger partial charge is 0.251 e. The summed E-state index contributed by atoms with van der Waals surface area (Å²) in [5.41, 5.74) is 2.50. The van der Waals surface area contributed by atoms with Gasteiger partial charge in [0.15, 0.2) is 0 Å². The van der Waals surface area contributed by atoms with Gasteiger partial charge in [-0.25, -0.2) is 8.42 Å². The van der Waals surface area contributed by atoms with Crippen molar-refractivity contribution < 1.29 is 18.0 Å². The van der Waals surface area contributed by atoms with E-state index in [9.17, 15) is 18.0 Å². The van der Waals surface area contributed by atoms with E-state index in [1.54, 1.807) is 31.3 Å². The summed E-state index contributed by atoms with van der Waals surface area (Å²) < 4.78 is 27.5. The van der Waals surface area contributed by atoms with E-state index in [1.165, 1.54) is 4.31 Å². The summed E-state index contributed by atoms with van der Waals surface area (Å²) in [6.07, 6.45) is 0.974. The van der Waals surface area contributed by atoms with Crippen molar-refractivity contribution in [2.75, 3.05) is 20.1 Å². The number of sulfonamides is 1. The highest BCUT2D eigenvalue weighted by Crippen LogP contribution is 2.27. The molecule has 0 spiro atoms.